The van der Waals surface area contributed by atoms with E-state index in [0.29, 0.717) is 5.41 Å². The highest BCUT2D eigenvalue weighted by Crippen LogP contribution is 2.41. The molecule has 0 aliphatic heterocycles. The van der Waals surface area contributed by atoms with Gasteiger partial charge in [0, 0.05) is 18.9 Å². The smallest absolute Gasteiger partial charge is 0.101 e. The molecule has 1 aromatic rings. The van der Waals surface area contributed by atoms with Crippen LogP contribution in [0.5, 0.6) is 0 Å². The van der Waals surface area contributed by atoms with Gasteiger partial charge in [0.25, 0.3) is 0 Å². The molecule has 0 amide bonds. The average Bonchev–Trinajstić information content (AvgIpc) is 2.87. The van der Waals surface area contributed by atoms with Crippen molar-refractivity contribution in [2.45, 2.75) is 25.7 Å². The van der Waals surface area contributed by atoms with Crippen LogP contribution < -0.4 is 4.90 Å². The van der Waals surface area contributed by atoms with Gasteiger partial charge in [-0.3, -0.25) is 0 Å². The number of hydrogen-bond donors (Lipinski definition) is 0. The molecule has 1 aliphatic rings. The van der Waals surface area contributed by atoms with Crippen molar-refractivity contribution >= 4 is 21.6 Å². The normalized spacial score (nSPS) is 17.4. The minimum Gasteiger partial charge on any atom is -0.373 e. The van der Waals surface area contributed by atoms with E-state index in [9.17, 15) is 0 Å². The van der Waals surface area contributed by atoms with Gasteiger partial charge >= 0.3 is 0 Å². The second-order valence-electron chi connectivity index (χ2n) is 5.33. The third-order valence-corrected chi connectivity index (χ3v) is 5.15. The molecule has 0 bridgehead atoms. The highest BCUT2D eigenvalue weighted by Gasteiger charge is 2.34. The standard InChI is InChI=1S/C15H19BrN2/c1-18(12-15(11-16)8-4-5-9-15)14-7-3-2-6-13(14)10-17/h2-3,6-7H,4-5,8-9,11-12H2,1H3. The number of para-hydroxylation sites is 1. The molecule has 0 radical (unpaired) electrons. The lowest BCUT2D eigenvalue weighted by atomic mass is 9.88. The summed E-state index contributed by atoms with van der Waals surface area (Å²) in [6, 6.07) is 10.1. The van der Waals surface area contributed by atoms with E-state index in [1.807, 2.05) is 24.3 Å². The van der Waals surface area contributed by atoms with Crippen LogP contribution in [0.3, 0.4) is 0 Å². The molecule has 18 heavy (non-hydrogen) atoms. The summed E-state index contributed by atoms with van der Waals surface area (Å²) in [5, 5.41) is 10.2. The quantitative estimate of drug-likeness (QED) is 0.788. The molecule has 3 heteroatoms. The molecule has 1 aromatic carbocycles. The third kappa shape index (κ3) is 2.70. The summed E-state index contributed by atoms with van der Waals surface area (Å²) < 4.78 is 0. The number of nitriles is 1. The molecule has 96 valence electrons. The Kier molecular flexibility index (Phi) is 4.29. The summed E-state index contributed by atoms with van der Waals surface area (Å²) in [5.74, 6) is 0. The molecular weight excluding hydrogens is 288 g/mol. The van der Waals surface area contributed by atoms with Crippen LogP contribution in [0.4, 0.5) is 5.69 Å². The number of benzene rings is 1. The van der Waals surface area contributed by atoms with Crippen LogP contribution in [-0.2, 0) is 0 Å². The molecule has 1 aliphatic carbocycles. The van der Waals surface area contributed by atoms with Crippen molar-refractivity contribution in [3.63, 3.8) is 0 Å². The van der Waals surface area contributed by atoms with Gasteiger partial charge in [-0.05, 0) is 30.4 Å². The van der Waals surface area contributed by atoms with Gasteiger partial charge in [-0.2, -0.15) is 5.26 Å². The van der Waals surface area contributed by atoms with Crippen LogP contribution in [0, 0.1) is 16.7 Å². The highest BCUT2D eigenvalue weighted by atomic mass is 79.9. The summed E-state index contributed by atoms with van der Waals surface area (Å²) in [7, 11) is 2.10. The molecule has 0 unspecified atom stereocenters. The Balaban J connectivity index is 2.16. The van der Waals surface area contributed by atoms with Crippen molar-refractivity contribution in [2.75, 3.05) is 23.8 Å². The Morgan fingerprint density at radius 2 is 2.00 bits per heavy atom. The monoisotopic (exact) mass is 306 g/mol. The molecule has 0 heterocycles. The van der Waals surface area contributed by atoms with Crippen LogP contribution in [-0.4, -0.2) is 18.9 Å². The largest absolute Gasteiger partial charge is 0.373 e. The summed E-state index contributed by atoms with van der Waals surface area (Å²) in [5.41, 5.74) is 2.20. The SMILES string of the molecule is CN(CC1(CBr)CCCC1)c1ccccc1C#N. The predicted octanol–water partition coefficient (Wildman–Crippen LogP) is 3.95. The topological polar surface area (TPSA) is 27.0 Å². The predicted molar refractivity (Wildman–Crippen MR) is 79.1 cm³/mol. The third-order valence-electron chi connectivity index (χ3n) is 3.96. The Labute approximate surface area is 118 Å². The number of alkyl halides is 1. The lowest BCUT2D eigenvalue weighted by molar-refractivity contribution is 0.355. The molecule has 2 rings (SSSR count). The van der Waals surface area contributed by atoms with Crippen LogP contribution in [0.15, 0.2) is 24.3 Å². The van der Waals surface area contributed by atoms with Crippen LogP contribution >= 0.6 is 15.9 Å². The second-order valence-corrected chi connectivity index (χ2v) is 5.89. The van der Waals surface area contributed by atoms with E-state index in [-0.39, 0.29) is 0 Å². The summed E-state index contributed by atoms with van der Waals surface area (Å²) in [6.45, 7) is 1.02. The van der Waals surface area contributed by atoms with E-state index < -0.39 is 0 Å². The van der Waals surface area contributed by atoms with Crippen LogP contribution in [0.1, 0.15) is 31.2 Å². The van der Waals surface area contributed by atoms with E-state index in [1.165, 1.54) is 25.7 Å². The summed E-state index contributed by atoms with van der Waals surface area (Å²) in [4.78, 5) is 2.24. The first kappa shape index (κ1) is 13.4. The fraction of sp³-hybridized carbons (Fsp3) is 0.533. The molecular formula is C15H19BrN2. The number of hydrogen-bond acceptors (Lipinski definition) is 2. The number of anilines is 1. The van der Waals surface area contributed by atoms with Crippen molar-refractivity contribution in [1.29, 1.82) is 5.26 Å². The van der Waals surface area contributed by atoms with E-state index in [2.05, 4.69) is 33.9 Å². The van der Waals surface area contributed by atoms with Crippen molar-refractivity contribution in [3.05, 3.63) is 29.8 Å². The molecule has 1 fully saturated rings. The maximum Gasteiger partial charge on any atom is 0.101 e. The van der Waals surface area contributed by atoms with Crippen molar-refractivity contribution in [3.8, 4) is 6.07 Å². The Hall–Kier alpha value is -1.01. The van der Waals surface area contributed by atoms with Gasteiger partial charge in [-0.15, -0.1) is 0 Å². The van der Waals surface area contributed by atoms with E-state index >= 15 is 0 Å². The first-order valence-corrected chi connectivity index (χ1v) is 7.59. The van der Waals surface area contributed by atoms with Gasteiger partial charge in [0.15, 0.2) is 0 Å². The fourth-order valence-corrected chi connectivity index (χ4v) is 3.69. The minimum atomic E-state index is 0.386. The summed E-state index contributed by atoms with van der Waals surface area (Å²) >= 11 is 3.68. The van der Waals surface area contributed by atoms with Gasteiger partial charge < -0.3 is 4.90 Å². The van der Waals surface area contributed by atoms with E-state index in [1.54, 1.807) is 0 Å². The zero-order chi connectivity index (χ0) is 13.0. The number of rotatable bonds is 4. The van der Waals surface area contributed by atoms with Gasteiger partial charge in [0.2, 0.25) is 0 Å². The maximum absolute atomic E-state index is 9.16. The van der Waals surface area contributed by atoms with Gasteiger partial charge in [0.1, 0.15) is 6.07 Å². The Bertz CT molecular complexity index is 444. The molecule has 1 saturated carbocycles. The first-order chi connectivity index (χ1) is 8.71. The average molecular weight is 307 g/mol. The van der Waals surface area contributed by atoms with E-state index in [4.69, 9.17) is 5.26 Å². The van der Waals surface area contributed by atoms with Crippen LogP contribution in [0.2, 0.25) is 0 Å². The highest BCUT2D eigenvalue weighted by molar-refractivity contribution is 9.09. The van der Waals surface area contributed by atoms with Gasteiger partial charge in [-0.25, -0.2) is 0 Å². The van der Waals surface area contributed by atoms with Crippen molar-refractivity contribution in [1.82, 2.24) is 0 Å². The molecule has 0 aromatic heterocycles. The molecule has 0 spiro atoms. The van der Waals surface area contributed by atoms with Crippen LogP contribution in [0.25, 0.3) is 0 Å². The number of halogens is 1. The first-order valence-electron chi connectivity index (χ1n) is 6.47. The number of nitrogens with zero attached hydrogens (tertiary/aromatic N) is 2. The lowest BCUT2D eigenvalue weighted by Gasteiger charge is -2.33. The Morgan fingerprint density at radius 1 is 1.33 bits per heavy atom. The molecule has 0 N–H and O–H groups in total. The zero-order valence-corrected chi connectivity index (χ0v) is 12.4. The van der Waals surface area contributed by atoms with Crippen molar-refractivity contribution in [2.24, 2.45) is 5.41 Å². The fourth-order valence-electron chi connectivity index (χ4n) is 2.95. The molecule has 2 nitrogen and oxygen atoms in total. The maximum atomic E-state index is 9.16. The van der Waals surface area contributed by atoms with Crippen molar-refractivity contribution < 1.29 is 0 Å². The van der Waals surface area contributed by atoms with E-state index in [0.717, 1.165) is 23.1 Å². The minimum absolute atomic E-state index is 0.386. The summed E-state index contributed by atoms with van der Waals surface area (Å²) in [6.07, 6.45) is 5.24. The second kappa shape index (κ2) is 5.75. The zero-order valence-electron chi connectivity index (χ0n) is 10.8. The Morgan fingerprint density at radius 3 is 2.61 bits per heavy atom. The molecule has 0 saturated heterocycles. The van der Waals surface area contributed by atoms with Gasteiger partial charge in [0.05, 0.1) is 11.3 Å². The molecule has 0 atom stereocenters. The lowest BCUT2D eigenvalue weighted by Crippen LogP contribution is -2.35. The van der Waals surface area contributed by atoms with Gasteiger partial charge in [-0.1, -0.05) is 40.9 Å².